The van der Waals surface area contributed by atoms with E-state index in [2.05, 4.69) is 40.3 Å². The Balaban J connectivity index is 2.15. The lowest BCUT2D eigenvalue weighted by molar-refractivity contribution is 0.396. The Morgan fingerprint density at radius 3 is 2.76 bits per heavy atom. The summed E-state index contributed by atoms with van der Waals surface area (Å²) in [5.74, 6) is 0.741. The highest BCUT2D eigenvalue weighted by atomic mass is 79.9. The maximum atomic E-state index is 6.22. The van der Waals surface area contributed by atoms with Crippen molar-refractivity contribution >= 4 is 33.6 Å². The molecule has 0 radical (unpaired) electrons. The largest absolute Gasteiger partial charge is 0.313 e. The van der Waals surface area contributed by atoms with E-state index < -0.39 is 0 Å². The molecule has 21 heavy (non-hydrogen) atoms. The Kier molecular flexibility index (Phi) is 7.28. The van der Waals surface area contributed by atoms with Gasteiger partial charge in [-0.2, -0.15) is 0 Å². The first kappa shape index (κ1) is 17.1. The quantitative estimate of drug-likeness (QED) is 0.600. The number of nitrogens with one attached hydrogen (secondary N) is 1. The summed E-state index contributed by atoms with van der Waals surface area (Å²) in [6.45, 7) is 4.31. The SMILES string of the molecule is CCCNC/C(=C/c1ccc(Br)c(Cl)c1)C1CCCCC1. The zero-order valence-corrected chi connectivity index (χ0v) is 15.1. The predicted molar refractivity (Wildman–Crippen MR) is 96.9 cm³/mol. The summed E-state index contributed by atoms with van der Waals surface area (Å²) in [4.78, 5) is 0. The Morgan fingerprint density at radius 2 is 2.10 bits per heavy atom. The van der Waals surface area contributed by atoms with Crippen LogP contribution in [0, 0.1) is 5.92 Å². The predicted octanol–water partition coefficient (Wildman–Crippen LogP) is 6.07. The molecular weight excluding hydrogens is 346 g/mol. The van der Waals surface area contributed by atoms with Crippen LogP contribution in [0.25, 0.3) is 6.08 Å². The third-order valence-electron chi connectivity index (χ3n) is 4.18. The summed E-state index contributed by atoms with van der Waals surface area (Å²) in [5, 5.41) is 4.35. The van der Waals surface area contributed by atoms with Crippen LogP contribution in [-0.4, -0.2) is 13.1 Å². The molecule has 116 valence electrons. The van der Waals surface area contributed by atoms with E-state index in [1.807, 2.05) is 12.1 Å². The van der Waals surface area contributed by atoms with E-state index in [4.69, 9.17) is 11.6 Å². The molecule has 2 rings (SSSR count). The van der Waals surface area contributed by atoms with Crippen LogP contribution in [-0.2, 0) is 0 Å². The zero-order valence-electron chi connectivity index (χ0n) is 12.8. The van der Waals surface area contributed by atoms with Crippen molar-refractivity contribution in [1.29, 1.82) is 0 Å². The highest BCUT2D eigenvalue weighted by Gasteiger charge is 2.17. The first-order valence-corrected chi connectivity index (χ1v) is 9.24. The maximum Gasteiger partial charge on any atom is 0.0554 e. The molecule has 0 bridgehead atoms. The number of hydrogen-bond donors (Lipinski definition) is 1. The van der Waals surface area contributed by atoms with E-state index in [1.54, 1.807) is 5.57 Å². The van der Waals surface area contributed by atoms with E-state index in [0.717, 1.165) is 28.5 Å². The van der Waals surface area contributed by atoms with Crippen molar-refractivity contribution < 1.29 is 0 Å². The van der Waals surface area contributed by atoms with Crippen LogP contribution in [0.15, 0.2) is 28.2 Å². The average Bonchev–Trinajstić information content (AvgIpc) is 2.51. The first-order chi connectivity index (χ1) is 10.2. The van der Waals surface area contributed by atoms with Gasteiger partial charge in [-0.3, -0.25) is 0 Å². The third kappa shape index (κ3) is 5.43. The van der Waals surface area contributed by atoms with Gasteiger partial charge in [0.05, 0.1) is 5.02 Å². The van der Waals surface area contributed by atoms with Gasteiger partial charge in [-0.25, -0.2) is 0 Å². The fourth-order valence-electron chi connectivity index (χ4n) is 3.01. The summed E-state index contributed by atoms with van der Waals surface area (Å²) in [5.41, 5.74) is 2.75. The van der Waals surface area contributed by atoms with Gasteiger partial charge in [0.1, 0.15) is 0 Å². The summed E-state index contributed by atoms with van der Waals surface area (Å²) < 4.78 is 0.963. The summed E-state index contributed by atoms with van der Waals surface area (Å²) in [6.07, 6.45) is 10.3. The highest BCUT2D eigenvalue weighted by molar-refractivity contribution is 9.10. The van der Waals surface area contributed by atoms with Crippen LogP contribution in [0.3, 0.4) is 0 Å². The van der Waals surface area contributed by atoms with Crippen molar-refractivity contribution in [3.8, 4) is 0 Å². The Morgan fingerprint density at radius 1 is 1.33 bits per heavy atom. The number of benzene rings is 1. The van der Waals surface area contributed by atoms with Crippen molar-refractivity contribution in [1.82, 2.24) is 5.32 Å². The molecule has 1 fully saturated rings. The van der Waals surface area contributed by atoms with Crippen molar-refractivity contribution in [2.75, 3.05) is 13.1 Å². The van der Waals surface area contributed by atoms with Gasteiger partial charge in [0.2, 0.25) is 0 Å². The van der Waals surface area contributed by atoms with Crippen molar-refractivity contribution in [2.45, 2.75) is 45.4 Å². The molecule has 1 nitrogen and oxygen atoms in total. The maximum absolute atomic E-state index is 6.22. The van der Waals surface area contributed by atoms with Crippen molar-refractivity contribution in [2.24, 2.45) is 5.92 Å². The molecule has 1 aliphatic carbocycles. The summed E-state index contributed by atoms with van der Waals surface area (Å²) in [7, 11) is 0. The van der Waals surface area contributed by atoms with E-state index in [9.17, 15) is 0 Å². The lowest BCUT2D eigenvalue weighted by atomic mass is 9.83. The Bertz CT molecular complexity index is 478. The minimum Gasteiger partial charge on any atom is -0.313 e. The second kappa shape index (κ2) is 8.97. The van der Waals surface area contributed by atoms with Gasteiger partial charge < -0.3 is 5.32 Å². The minimum atomic E-state index is 0.741. The van der Waals surface area contributed by atoms with Crippen LogP contribution in [0.2, 0.25) is 5.02 Å². The first-order valence-electron chi connectivity index (χ1n) is 8.07. The molecule has 0 aromatic heterocycles. The van der Waals surface area contributed by atoms with Gasteiger partial charge in [-0.05, 0) is 65.4 Å². The third-order valence-corrected chi connectivity index (χ3v) is 5.41. The van der Waals surface area contributed by atoms with Gasteiger partial charge in [0, 0.05) is 11.0 Å². The molecule has 0 spiro atoms. The lowest BCUT2D eigenvalue weighted by Gasteiger charge is -2.25. The molecule has 1 saturated carbocycles. The molecule has 3 heteroatoms. The van der Waals surface area contributed by atoms with Gasteiger partial charge in [-0.15, -0.1) is 0 Å². The highest BCUT2D eigenvalue weighted by Crippen LogP contribution is 2.31. The van der Waals surface area contributed by atoms with Crippen molar-refractivity contribution in [3.05, 3.63) is 38.8 Å². The smallest absolute Gasteiger partial charge is 0.0554 e. The molecule has 0 unspecified atom stereocenters. The second-order valence-electron chi connectivity index (χ2n) is 5.90. The molecule has 1 aliphatic rings. The van der Waals surface area contributed by atoms with E-state index in [-0.39, 0.29) is 0 Å². The second-order valence-corrected chi connectivity index (χ2v) is 7.17. The van der Waals surface area contributed by atoms with E-state index >= 15 is 0 Å². The van der Waals surface area contributed by atoms with Gasteiger partial charge in [0.25, 0.3) is 0 Å². The number of halogens is 2. The lowest BCUT2D eigenvalue weighted by Crippen LogP contribution is -2.23. The minimum absolute atomic E-state index is 0.741. The average molecular weight is 371 g/mol. The Hall–Kier alpha value is -0.310. The van der Waals surface area contributed by atoms with Crippen LogP contribution >= 0.6 is 27.5 Å². The topological polar surface area (TPSA) is 12.0 Å². The normalized spacial score (nSPS) is 17.2. The van der Waals surface area contributed by atoms with Gasteiger partial charge in [0.15, 0.2) is 0 Å². The molecule has 1 N–H and O–H groups in total. The zero-order chi connectivity index (χ0) is 15.1. The monoisotopic (exact) mass is 369 g/mol. The Labute approximate surface area is 142 Å². The molecule has 0 atom stereocenters. The number of hydrogen-bond acceptors (Lipinski definition) is 1. The van der Waals surface area contributed by atoms with Crippen LogP contribution in [0.5, 0.6) is 0 Å². The summed E-state index contributed by atoms with van der Waals surface area (Å²) >= 11 is 9.68. The molecule has 0 heterocycles. The standard InChI is InChI=1S/C18H25BrClN/c1-2-10-21-13-16(15-6-4-3-5-7-15)11-14-8-9-17(19)18(20)12-14/h8-9,11-12,15,21H,2-7,10,13H2,1H3/b16-11-. The molecule has 1 aromatic rings. The van der Waals surface area contributed by atoms with E-state index in [1.165, 1.54) is 44.1 Å². The molecular formula is C18H25BrClN. The molecule has 0 saturated heterocycles. The fraction of sp³-hybridized carbons (Fsp3) is 0.556. The molecule has 0 amide bonds. The van der Waals surface area contributed by atoms with Crippen LogP contribution in [0.1, 0.15) is 51.0 Å². The molecule has 1 aromatic carbocycles. The van der Waals surface area contributed by atoms with Crippen LogP contribution in [0.4, 0.5) is 0 Å². The van der Waals surface area contributed by atoms with E-state index in [0.29, 0.717) is 0 Å². The summed E-state index contributed by atoms with van der Waals surface area (Å²) in [6, 6.07) is 6.22. The van der Waals surface area contributed by atoms with Crippen LogP contribution < -0.4 is 5.32 Å². The molecule has 0 aliphatic heterocycles. The van der Waals surface area contributed by atoms with Gasteiger partial charge in [-0.1, -0.05) is 55.5 Å². The number of rotatable bonds is 6. The van der Waals surface area contributed by atoms with Gasteiger partial charge >= 0.3 is 0 Å². The van der Waals surface area contributed by atoms with Crippen molar-refractivity contribution in [3.63, 3.8) is 0 Å². The fourth-order valence-corrected chi connectivity index (χ4v) is 3.45.